The fourth-order valence-corrected chi connectivity index (χ4v) is 3.87. The lowest BCUT2D eigenvalue weighted by Crippen LogP contribution is -2.31. The zero-order chi connectivity index (χ0) is 15.8. The number of nitrogen functional groups attached to an aromatic ring is 1. The molecule has 0 aromatic carbocycles. The number of aryl methyl sites for hydroxylation is 1. The van der Waals surface area contributed by atoms with Crippen LogP contribution < -0.4 is 11.1 Å². The molecule has 0 saturated carbocycles. The molecule has 3 aromatic heterocycles. The highest BCUT2D eigenvalue weighted by atomic mass is 32.1. The molecular formula is C15H16N6OS. The maximum Gasteiger partial charge on any atom is 0.229 e. The second-order valence-electron chi connectivity index (χ2n) is 5.55. The number of hydrogen-bond acceptors (Lipinski definition) is 6. The molecule has 1 amide bonds. The van der Waals surface area contributed by atoms with Crippen LogP contribution in [0.15, 0.2) is 24.4 Å². The maximum absolute atomic E-state index is 12.5. The summed E-state index contributed by atoms with van der Waals surface area (Å²) >= 11 is 1.49. The topological polar surface area (TPSA) is 98.2 Å². The Kier molecular flexibility index (Phi) is 3.45. The Bertz CT molecular complexity index is 837. The first-order valence-electron chi connectivity index (χ1n) is 7.54. The van der Waals surface area contributed by atoms with E-state index in [9.17, 15) is 4.79 Å². The molecule has 0 bridgehead atoms. The van der Waals surface area contributed by atoms with Crippen LogP contribution in [0.2, 0.25) is 0 Å². The highest BCUT2D eigenvalue weighted by molar-refractivity contribution is 7.15. The molecule has 3 N–H and O–H groups in total. The summed E-state index contributed by atoms with van der Waals surface area (Å²) in [5.74, 6) is 0.345. The molecule has 0 fully saturated rings. The average molecular weight is 328 g/mol. The van der Waals surface area contributed by atoms with Gasteiger partial charge in [0.2, 0.25) is 5.91 Å². The molecule has 4 rings (SSSR count). The molecule has 0 spiro atoms. The van der Waals surface area contributed by atoms with Crippen molar-refractivity contribution in [2.24, 2.45) is 0 Å². The number of anilines is 1. The van der Waals surface area contributed by atoms with E-state index in [1.54, 1.807) is 4.52 Å². The standard InChI is InChI=1S/C15H16N6OS/c16-15-19-13-9(4-3-5-10(13)23-15)14(22)17-8-11-18-12-6-1-2-7-21(12)20-11/h1-2,6-7,9H,3-5,8H2,(H2,16,19)(H,17,22). The van der Waals surface area contributed by atoms with Gasteiger partial charge in [0.15, 0.2) is 16.6 Å². The number of nitrogens with two attached hydrogens (primary N) is 1. The molecular weight excluding hydrogens is 312 g/mol. The molecule has 118 valence electrons. The number of aromatic nitrogens is 4. The van der Waals surface area contributed by atoms with Crippen LogP contribution in [0.25, 0.3) is 5.65 Å². The van der Waals surface area contributed by atoms with E-state index in [1.165, 1.54) is 11.3 Å². The number of nitrogens with zero attached hydrogens (tertiary/aromatic N) is 4. The van der Waals surface area contributed by atoms with Crippen molar-refractivity contribution in [3.05, 3.63) is 40.8 Å². The average Bonchev–Trinajstić information content (AvgIpc) is 3.13. The molecule has 23 heavy (non-hydrogen) atoms. The Morgan fingerprint density at radius 3 is 3.22 bits per heavy atom. The molecule has 0 saturated heterocycles. The summed E-state index contributed by atoms with van der Waals surface area (Å²) in [4.78, 5) is 22.4. The second-order valence-corrected chi connectivity index (χ2v) is 6.67. The third kappa shape index (κ3) is 2.65. The van der Waals surface area contributed by atoms with Gasteiger partial charge in [-0.1, -0.05) is 6.07 Å². The van der Waals surface area contributed by atoms with Gasteiger partial charge in [-0.2, -0.15) is 0 Å². The van der Waals surface area contributed by atoms with Gasteiger partial charge in [0.25, 0.3) is 0 Å². The largest absolute Gasteiger partial charge is 0.375 e. The van der Waals surface area contributed by atoms with Gasteiger partial charge in [-0.05, 0) is 31.4 Å². The molecule has 1 unspecified atom stereocenters. The number of thiazole rings is 1. The first kappa shape index (κ1) is 14.1. The summed E-state index contributed by atoms with van der Waals surface area (Å²) in [6, 6.07) is 5.67. The zero-order valence-electron chi connectivity index (χ0n) is 12.4. The van der Waals surface area contributed by atoms with Gasteiger partial charge in [0.1, 0.15) is 0 Å². The lowest BCUT2D eigenvalue weighted by Gasteiger charge is -2.19. The maximum atomic E-state index is 12.5. The van der Waals surface area contributed by atoms with E-state index >= 15 is 0 Å². The van der Waals surface area contributed by atoms with Crippen LogP contribution in [0.5, 0.6) is 0 Å². The van der Waals surface area contributed by atoms with Crippen molar-refractivity contribution in [3.63, 3.8) is 0 Å². The summed E-state index contributed by atoms with van der Waals surface area (Å²) in [6.07, 6.45) is 4.58. The lowest BCUT2D eigenvalue weighted by atomic mass is 9.90. The van der Waals surface area contributed by atoms with Crippen molar-refractivity contribution in [3.8, 4) is 0 Å². The van der Waals surface area contributed by atoms with E-state index < -0.39 is 0 Å². The molecule has 1 aliphatic carbocycles. The Morgan fingerprint density at radius 1 is 1.43 bits per heavy atom. The third-order valence-corrected chi connectivity index (χ3v) is 4.95. The van der Waals surface area contributed by atoms with Gasteiger partial charge < -0.3 is 11.1 Å². The third-order valence-electron chi connectivity index (χ3n) is 3.99. The molecule has 3 aromatic rings. The van der Waals surface area contributed by atoms with E-state index in [-0.39, 0.29) is 11.8 Å². The number of pyridine rings is 1. The molecule has 7 nitrogen and oxygen atoms in total. The van der Waals surface area contributed by atoms with Crippen molar-refractivity contribution >= 4 is 28.0 Å². The fourth-order valence-electron chi connectivity index (χ4n) is 2.93. The van der Waals surface area contributed by atoms with Gasteiger partial charge in [0.05, 0.1) is 18.2 Å². The number of rotatable bonds is 3. The molecule has 1 atom stereocenters. The van der Waals surface area contributed by atoms with Crippen LogP contribution >= 0.6 is 11.3 Å². The van der Waals surface area contributed by atoms with E-state index in [0.29, 0.717) is 17.5 Å². The Hall–Kier alpha value is -2.48. The molecule has 0 aliphatic heterocycles. The molecule has 8 heteroatoms. The first-order valence-corrected chi connectivity index (χ1v) is 8.35. The van der Waals surface area contributed by atoms with Crippen molar-refractivity contribution in [1.29, 1.82) is 0 Å². The quantitative estimate of drug-likeness (QED) is 0.759. The number of nitrogens with one attached hydrogen (secondary N) is 1. The highest BCUT2D eigenvalue weighted by Gasteiger charge is 2.29. The second kappa shape index (κ2) is 5.62. The van der Waals surface area contributed by atoms with Gasteiger partial charge in [0, 0.05) is 11.1 Å². The predicted molar refractivity (Wildman–Crippen MR) is 87.0 cm³/mol. The van der Waals surface area contributed by atoms with Crippen molar-refractivity contribution in [2.45, 2.75) is 31.7 Å². The van der Waals surface area contributed by atoms with Gasteiger partial charge in [-0.3, -0.25) is 4.79 Å². The molecule has 3 heterocycles. The fraction of sp³-hybridized carbons (Fsp3) is 0.333. The van der Waals surface area contributed by atoms with Crippen molar-refractivity contribution < 1.29 is 4.79 Å². The Morgan fingerprint density at radius 2 is 2.35 bits per heavy atom. The summed E-state index contributed by atoms with van der Waals surface area (Å²) in [7, 11) is 0. The van der Waals surface area contributed by atoms with E-state index in [1.807, 2.05) is 24.4 Å². The van der Waals surface area contributed by atoms with Crippen LogP contribution in [0.3, 0.4) is 0 Å². The van der Waals surface area contributed by atoms with E-state index in [2.05, 4.69) is 20.4 Å². The predicted octanol–water partition coefficient (Wildman–Crippen LogP) is 1.50. The number of carbonyl (C=O) groups is 1. The summed E-state index contributed by atoms with van der Waals surface area (Å²) in [5, 5.41) is 7.80. The van der Waals surface area contributed by atoms with Crippen molar-refractivity contribution in [1.82, 2.24) is 24.9 Å². The van der Waals surface area contributed by atoms with Crippen LogP contribution in [-0.2, 0) is 17.8 Å². The molecule has 0 radical (unpaired) electrons. The highest BCUT2D eigenvalue weighted by Crippen LogP contribution is 2.35. The van der Waals surface area contributed by atoms with Crippen LogP contribution in [0.1, 0.15) is 35.2 Å². The van der Waals surface area contributed by atoms with Gasteiger partial charge in [-0.25, -0.2) is 14.5 Å². The van der Waals surface area contributed by atoms with Crippen LogP contribution in [-0.4, -0.2) is 25.5 Å². The van der Waals surface area contributed by atoms with Crippen LogP contribution in [0, 0.1) is 0 Å². The van der Waals surface area contributed by atoms with Crippen LogP contribution in [0.4, 0.5) is 5.13 Å². The number of hydrogen-bond donors (Lipinski definition) is 2. The van der Waals surface area contributed by atoms with Gasteiger partial charge >= 0.3 is 0 Å². The number of carbonyl (C=O) groups excluding carboxylic acids is 1. The smallest absolute Gasteiger partial charge is 0.229 e. The minimum absolute atomic E-state index is 0.0323. The SMILES string of the molecule is Nc1nc2c(s1)CCCC2C(=O)NCc1nc2ccccn2n1. The number of amides is 1. The Balaban J connectivity index is 1.48. The lowest BCUT2D eigenvalue weighted by molar-refractivity contribution is -0.123. The minimum atomic E-state index is -0.218. The van der Waals surface area contributed by atoms with Gasteiger partial charge in [-0.15, -0.1) is 16.4 Å². The number of fused-ring (bicyclic) bond motifs is 2. The zero-order valence-corrected chi connectivity index (χ0v) is 13.2. The summed E-state index contributed by atoms with van der Waals surface area (Å²) < 4.78 is 1.70. The van der Waals surface area contributed by atoms with Crippen molar-refractivity contribution in [2.75, 3.05) is 5.73 Å². The normalized spacial score (nSPS) is 17.1. The van der Waals surface area contributed by atoms with E-state index in [0.717, 1.165) is 35.5 Å². The molecule has 1 aliphatic rings. The minimum Gasteiger partial charge on any atom is -0.375 e. The van der Waals surface area contributed by atoms with E-state index in [4.69, 9.17) is 5.73 Å². The summed E-state index contributed by atoms with van der Waals surface area (Å²) in [5.41, 5.74) is 7.40. The summed E-state index contributed by atoms with van der Waals surface area (Å²) in [6.45, 7) is 0.311. The monoisotopic (exact) mass is 328 g/mol. The first-order chi connectivity index (χ1) is 11.2. The Labute approximate surface area is 136 Å².